The summed E-state index contributed by atoms with van der Waals surface area (Å²) in [5.41, 5.74) is 2.07. The van der Waals surface area contributed by atoms with Crippen LogP contribution < -0.4 is 5.32 Å². The number of carbonyl (C=O) groups is 1. The van der Waals surface area contributed by atoms with Crippen LogP contribution in [0.4, 0.5) is 4.79 Å². The molecule has 5 nitrogen and oxygen atoms in total. The average Bonchev–Trinajstić information content (AvgIpc) is 3.09. The zero-order valence-corrected chi connectivity index (χ0v) is 12.7. The predicted octanol–water partition coefficient (Wildman–Crippen LogP) is 3.03. The summed E-state index contributed by atoms with van der Waals surface area (Å²) in [5, 5.41) is 3.28. The van der Waals surface area contributed by atoms with E-state index in [2.05, 4.69) is 5.32 Å². The Morgan fingerprint density at radius 2 is 1.74 bits per heavy atom. The largest absolute Gasteiger partial charge is 0.508 e. The molecule has 5 heteroatoms. The molecule has 0 saturated carbocycles. The molecule has 0 aromatic heterocycles. The molecule has 0 aliphatic carbocycles. The van der Waals surface area contributed by atoms with Gasteiger partial charge in [0.05, 0.1) is 12.6 Å². The standard InChI is InChI=1S/C18H19NO4/c20-18(22-11-14-7-3-1-4-8-14)23-13-17-19-16(12-21-17)15-9-5-2-6-10-15/h1-10,16-17,19H,11-13H2/t16-,17?/m0/s1. The molecule has 0 amide bonds. The Kier molecular flexibility index (Phi) is 5.24. The summed E-state index contributed by atoms with van der Waals surface area (Å²) in [6, 6.07) is 19.6. The van der Waals surface area contributed by atoms with Crippen molar-refractivity contribution in [2.45, 2.75) is 18.9 Å². The summed E-state index contributed by atoms with van der Waals surface area (Å²) in [5.74, 6) is 0. The Bertz CT molecular complexity index is 617. The molecule has 0 radical (unpaired) electrons. The summed E-state index contributed by atoms with van der Waals surface area (Å²) in [4.78, 5) is 11.6. The Labute approximate surface area is 135 Å². The summed E-state index contributed by atoms with van der Waals surface area (Å²) >= 11 is 0. The normalized spacial score (nSPS) is 20.2. The van der Waals surface area contributed by atoms with E-state index >= 15 is 0 Å². The van der Waals surface area contributed by atoms with Gasteiger partial charge in [0.25, 0.3) is 0 Å². The molecule has 2 aromatic carbocycles. The van der Waals surface area contributed by atoms with Crippen LogP contribution in [0.25, 0.3) is 0 Å². The van der Waals surface area contributed by atoms with Crippen LogP contribution in [-0.2, 0) is 20.8 Å². The van der Waals surface area contributed by atoms with Crippen LogP contribution >= 0.6 is 0 Å². The highest BCUT2D eigenvalue weighted by molar-refractivity contribution is 5.59. The van der Waals surface area contributed by atoms with Crippen molar-refractivity contribution in [1.82, 2.24) is 5.32 Å². The van der Waals surface area contributed by atoms with E-state index in [4.69, 9.17) is 14.2 Å². The van der Waals surface area contributed by atoms with Gasteiger partial charge in [-0.05, 0) is 11.1 Å². The Morgan fingerprint density at radius 3 is 2.48 bits per heavy atom. The zero-order valence-electron chi connectivity index (χ0n) is 12.7. The number of rotatable bonds is 5. The number of hydrogen-bond acceptors (Lipinski definition) is 5. The van der Waals surface area contributed by atoms with E-state index in [0.717, 1.165) is 11.1 Å². The highest BCUT2D eigenvalue weighted by atomic mass is 16.7. The minimum absolute atomic E-state index is 0.116. The van der Waals surface area contributed by atoms with Crippen molar-refractivity contribution >= 4 is 6.16 Å². The van der Waals surface area contributed by atoms with Gasteiger partial charge in [0, 0.05) is 0 Å². The van der Waals surface area contributed by atoms with Crippen LogP contribution in [0.2, 0.25) is 0 Å². The van der Waals surface area contributed by atoms with Crippen LogP contribution in [0.3, 0.4) is 0 Å². The van der Waals surface area contributed by atoms with Crippen LogP contribution in [0.5, 0.6) is 0 Å². The number of ether oxygens (including phenoxy) is 3. The van der Waals surface area contributed by atoms with Crippen molar-refractivity contribution in [3.63, 3.8) is 0 Å². The first-order valence-electron chi connectivity index (χ1n) is 7.57. The van der Waals surface area contributed by atoms with Gasteiger partial charge < -0.3 is 14.2 Å². The third-order valence-corrected chi connectivity index (χ3v) is 3.61. The van der Waals surface area contributed by atoms with Gasteiger partial charge in [-0.1, -0.05) is 60.7 Å². The third kappa shape index (κ3) is 4.55. The number of hydrogen-bond donors (Lipinski definition) is 1. The maximum absolute atomic E-state index is 11.6. The molecule has 1 aliphatic rings. The lowest BCUT2D eigenvalue weighted by Gasteiger charge is -2.13. The highest BCUT2D eigenvalue weighted by Gasteiger charge is 2.26. The average molecular weight is 313 g/mol. The van der Waals surface area contributed by atoms with Gasteiger partial charge in [0.15, 0.2) is 0 Å². The maximum Gasteiger partial charge on any atom is 0.508 e. The van der Waals surface area contributed by atoms with E-state index < -0.39 is 6.16 Å². The zero-order chi connectivity index (χ0) is 15.9. The van der Waals surface area contributed by atoms with Crippen LogP contribution in [0, 0.1) is 0 Å². The van der Waals surface area contributed by atoms with E-state index in [1.54, 1.807) is 0 Å². The van der Waals surface area contributed by atoms with Gasteiger partial charge in [-0.3, -0.25) is 5.32 Å². The highest BCUT2D eigenvalue weighted by Crippen LogP contribution is 2.19. The van der Waals surface area contributed by atoms with Crippen LogP contribution in [-0.4, -0.2) is 25.6 Å². The van der Waals surface area contributed by atoms with E-state index in [9.17, 15) is 4.79 Å². The molecule has 120 valence electrons. The quantitative estimate of drug-likeness (QED) is 0.860. The molecule has 1 unspecified atom stereocenters. The summed E-state index contributed by atoms with van der Waals surface area (Å²) in [6.07, 6.45) is -1.01. The second-order valence-electron chi connectivity index (χ2n) is 5.29. The fraction of sp³-hybridized carbons (Fsp3) is 0.278. The molecular weight excluding hydrogens is 294 g/mol. The van der Waals surface area contributed by atoms with E-state index in [1.807, 2.05) is 60.7 Å². The predicted molar refractivity (Wildman–Crippen MR) is 84.6 cm³/mol. The topological polar surface area (TPSA) is 56.8 Å². The van der Waals surface area contributed by atoms with Gasteiger partial charge in [-0.2, -0.15) is 0 Å². The Hall–Kier alpha value is -2.37. The smallest absolute Gasteiger partial charge is 0.430 e. The van der Waals surface area contributed by atoms with E-state index in [1.165, 1.54) is 0 Å². The molecule has 1 heterocycles. The molecule has 1 fully saturated rings. The number of carbonyl (C=O) groups excluding carboxylic acids is 1. The number of nitrogens with one attached hydrogen (secondary N) is 1. The van der Waals surface area contributed by atoms with Crippen molar-refractivity contribution in [2.75, 3.05) is 13.2 Å². The molecule has 2 atom stereocenters. The lowest BCUT2D eigenvalue weighted by Crippen LogP contribution is -2.31. The summed E-state index contributed by atoms with van der Waals surface area (Å²) in [6.45, 7) is 0.874. The van der Waals surface area contributed by atoms with Crippen molar-refractivity contribution in [1.29, 1.82) is 0 Å². The fourth-order valence-electron chi connectivity index (χ4n) is 2.41. The first kappa shape index (κ1) is 15.5. The second kappa shape index (κ2) is 7.76. The van der Waals surface area contributed by atoms with Gasteiger partial charge >= 0.3 is 6.16 Å². The van der Waals surface area contributed by atoms with Crippen molar-refractivity contribution in [3.05, 3.63) is 71.8 Å². The third-order valence-electron chi connectivity index (χ3n) is 3.61. The summed E-state index contributed by atoms with van der Waals surface area (Å²) < 4.78 is 15.7. The molecule has 1 saturated heterocycles. The first-order valence-corrected chi connectivity index (χ1v) is 7.57. The second-order valence-corrected chi connectivity index (χ2v) is 5.29. The molecular formula is C18H19NO4. The lowest BCUT2D eigenvalue weighted by molar-refractivity contribution is -0.0000692. The Morgan fingerprint density at radius 1 is 1.04 bits per heavy atom. The monoisotopic (exact) mass is 313 g/mol. The minimum atomic E-state index is -0.692. The van der Waals surface area contributed by atoms with Crippen LogP contribution in [0.1, 0.15) is 17.2 Å². The van der Waals surface area contributed by atoms with Gasteiger partial charge in [0.2, 0.25) is 0 Å². The molecule has 1 aliphatic heterocycles. The van der Waals surface area contributed by atoms with Gasteiger partial charge in [0.1, 0.15) is 19.4 Å². The van der Waals surface area contributed by atoms with Gasteiger partial charge in [-0.15, -0.1) is 0 Å². The Balaban J connectivity index is 1.38. The molecule has 0 bridgehead atoms. The molecule has 2 aromatic rings. The minimum Gasteiger partial charge on any atom is -0.430 e. The molecule has 1 N–H and O–H groups in total. The molecule has 23 heavy (non-hydrogen) atoms. The number of benzene rings is 2. The van der Waals surface area contributed by atoms with E-state index in [-0.39, 0.29) is 25.5 Å². The fourth-order valence-corrected chi connectivity index (χ4v) is 2.41. The van der Waals surface area contributed by atoms with Crippen molar-refractivity contribution in [2.24, 2.45) is 0 Å². The van der Waals surface area contributed by atoms with Crippen molar-refractivity contribution in [3.8, 4) is 0 Å². The maximum atomic E-state index is 11.6. The molecule has 3 rings (SSSR count). The molecule has 0 spiro atoms. The van der Waals surface area contributed by atoms with Gasteiger partial charge in [-0.25, -0.2) is 4.79 Å². The van der Waals surface area contributed by atoms with Crippen LogP contribution in [0.15, 0.2) is 60.7 Å². The first-order chi connectivity index (χ1) is 11.3. The van der Waals surface area contributed by atoms with Crippen molar-refractivity contribution < 1.29 is 19.0 Å². The lowest BCUT2D eigenvalue weighted by atomic mass is 10.1. The SMILES string of the molecule is O=C(OCc1ccccc1)OCC1N[C@H](c2ccccc2)CO1. The van der Waals surface area contributed by atoms with E-state index in [0.29, 0.717) is 6.61 Å². The summed E-state index contributed by atoms with van der Waals surface area (Å²) in [7, 11) is 0.